The number of fused-ring (bicyclic) bond motifs is 1. The second-order valence-corrected chi connectivity index (χ2v) is 9.02. The first-order valence-electron chi connectivity index (χ1n) is 11.3. The molecule has 0 amide bonds. The molecule has 0 spiro atoms. The lowest BCUT2D eigenvalue weighted by Gasteiger charge is -2.36. The van der Waals surface area contributed by atoms with Crippen molar-refractivity contribution < 1.29 is 14.6 Å². The lowest BCUT2D eigenvalue weighted by Crippen LogP contribution is -2.35. The summed E-state index contributed by atoms with van der Waals surface area (Å²) in [5, 5.41) is 9.16. The van der Waals surface area contributed by atoms with Gasteiger partial charge in [-0.1, -0.05) is 42.8 Å². The molecule has 2 aromatic carbocycles. The van der Waals surface area contributed by atoms with Crippen LogP contribution in [0.25, 0.3) is 0 Å². The highest BCUT2D eigenvalue weighted by molar-refractivity contribution is 5.69. The Morgan fingerprint density at radius 3 is 2.57 bits per heavy atom. The van der Waals surface area contributed by atoms with E-state index < -0.39 is 5.97 Å². The third kappa shape index (κ3) is 5.04. The monoisotopic (exact) mass is 407 g/mol. The van der Waals surface area contributed by atoms with Gasteiger partial charge in [-0.15, -0.1) is 0 Å². The van der Waals surface area contributed by atoms with E-state index in [0.717, 1.165) is 25.1 Å². The Hall–Kier alpha value is -2.33. The standard InChI is InChI=1S/C26H33NO3/c1-27(18-25(28)29)17-21-13-12-20-16-23(30-22-10-6-3-7-11-22)14-15-24(20)26(21)19-8-4-2-5-9-19/h2,4-5,8-9,14-16,21-22,26H,3,6-7,10-13,17-18H2,1H3,(H,28,29)/t21-,26+/m1/s1. The van der Waals surface area contributed by atoms with Gasteiger partial charge in [0.2, 0.25) is 0 Å². The zero-order valence-electron chi connectivity index (χ0n) is 17.9. The number of rotatable bonds is 7. The Balaban J connectivity index is 1.58. The molecule has 0 bridgehead atoms. The third-order valence-electron chi connectivity index (χ3n) is 6.67. The van der Waals surface area contributed by atoms with E-state index in [1.165, 1.54) is 48.8 Å². The average molecular weight is 408 g/mol. The van der Waals surface area contributed by atoms with Crippen molar-refractivity contribution in [3.8, 4) is 5.75 Å². The molecule has 4 rings (SSSR count). The van der Waals surface area contributed by atoms with E-state index in [1.54, 1.807) is 0 Å². The molecular formula is C26H33NO3. The van der Waals surface area contributed by atoms with Crippen LogP contribution >= 0.6 is 0 Å². The first-order chi connectivity index (χ1) is 14.6. The quantitative estimate of drug-likeness (QED) is 0.693. The Labute approximate surface area is 179 Å². The van der Waals surface area contributed by atoms with E-state index in [0.29, 0.717) is 12.0 Å². The van der Waals surface area contributed by atoms with E-state index in [4.69, 9.17) is 9.84 Å². The summed E-state index contributed by atoms with van der Waals surface area (Å²) in [6, 6.07) is 17.3. The summed E-state index contributed by atoms with van der Waals surface area (Å²) in [6.45, 7) is 0.866. The van der Waals surface area contributed by atoms with Gasteiger partial charge in [0.05, 0.1) is 12.6 Å². The van der Waals surface area contributed by atoms with Gasteiger partial charge in [-0.2, -0.15) is 0 Å². The van der Waals surface area contributed by atoms with E-state index in [1.807, 2.05) is 11.9 Å². The molecule has 0 unspecified atom stereocenters. The van der Waals surface area contributed by atoms with Crippen LogP contribution < -0.4 is 4.74 Å². The highest BCUT2D eigenvalue weighted by Gasteiger charge is 2.32. The summed E-state index contributed by atoms with van der Waals surface area (Å²) in [4.78, 5) is 13.1. The van der Waals surface area contributed by atoms with Crippen LogP contribution in [-0.2, 0) is 11.2 Å². The minimum Gasteiger partial charge on any atom is -0.490 e. The van der Waals surface area contributed by atoms with Gasteiger partial charge >= 0.3 is 5.97 Å². The SMILES string of the molecule is CN(CC(=O)O)C[C@H]1CCc2cc(OC3CCCCC3)ccc2[C@H]1c1ccccc1. The van der Waals surface area contributed by atoms with E-state index in [-0.39, 0.29) is 12.5 Å². The molecule has 0 heterocycles. The van der Waals surface area contributed by atoms with Gasteiger partial charge in [-0.3, -0.25) is 9.69 Å². The highest BCUT2D eigenvalue weighted by Crippen LogP contribution is 2.42. The lowest BCUT2D eigenvalue weighted by atomic mass is 9.71. The summed E-state index contributed by atoms with van der Waals surface area (Å²) in [5.74, 6) is 0.924. The number of carboxylic acid groups (broad SMARTS) is 1. The molecule has 2 aromatic rings. The number of likely N-dealkylation sites (N-methyl/N-ethyl adjacent to an activating group) is 1. The molecule has 160 valence electrons. The Kier molecular flexibility index (Phi) is 6.73. The first-order valence-corrected chi connectivity index (χ1v) is 11.3. The van der Waals surface area contributed by atoms with Crippen LogP contribution in [0.5, 0.6) is 5.75 Å². The molecular weight excluding hydrogens is 374 g/mol. The van der Waals surface area contributed by atoms with Crippen molar-refractivity contribution in [1.29, 1.82) is 0 Å². The molecule has 2 aliphatic carbocycles. The van der Waals surface area contributed by atoms with Crippen molar-refractivity contribution in [3.05, 3.63) is 65.2 Å². The van der Waals surface area contributed by atoms with Crippen LogP contribution in [0.2, 0.25) is 0 Å². The molecule has 0 aromatic heterocycles. The third-order valence-corrected chi connectivity index (χ3v) is 6.67. The molecule has 0 aliphatic heterocycles. The van der Waals surface area contributed by atoms with Gasteiger partial charge in [0.25, 0.3) is 0 Å². The fraction of sp³-hybridized carbons (Fsp3) is 0.500. The number of hydrogen-bond donors (Lipinski definition) is 1. The maximum atomic E-state index is 11.1. The van der Waals surface area contributed by atoms with Crippen LogP contribution in [0.1, 0.15) is 61.1 Å². The minimum absolute atomic E-state index is 0.0824. The number of carbonyl (C=O) groups is 1. The Morgan fingerprint density at radius 1 is 1.07 bits per heavy atom. The molecule has 0 saturated heterocycles. The van der Waals surface area contributed by atoms with E-state index >= 15 is 0 Å². The maximum Gasteiger partial charge on any atom is 0.317 e. The zero-order chi connectivity index (χ0) is 20.9. The molecule has 1 saturated carbocycles. The molecule has 1 fully saturated rings. The summed E-state index contributed by atoms with van der Waals surface area (Å²) >= 11 is 0. The molecule has 0 radical (unpaired) electrons. The molecule has 2 aliphatic rings. The van der Waals surface area contributed by atoms with Crippen molar-refractivity contribution in [1.82, 2.24) is 4.90 Å². The van der Waals surface area contributed by atoms with Gasteiger partial charge < -0.3 is 9.84 Å². The summed E-state index contributed by atoms with van der Waals surface area (Å²) in [7, 11) is 1.91. The zero-order valence-corrected chi connectivity index (χ0v) is 17.9. The summed E-state index contributed by atoms with van der Waals surface area (Å²) < 4.78 is 6.32. The van der Waals surface area contributed by atoms with Crippen molar-refractivity contribution in [2.24, 2.45) is 5.92 Å². The molecule has 30 heavy (non-hydrogen) atoms. The lowest BCUT2D eigenvalue weighted by molar-refractivity contribution is -0.138. The van der Waals surface area contributed by atoms with Crippen LogP contribution in [0.4, 0.5) is 0 Å². The van der Waals surface area contributed by atoms with Crippen molar-refractivity contribution in [3.63, 3.8) is 0 Å². The largest absolute Gasteiger partial charge is 0.490 e. The van der Waals surface area contributed by atoms with Crippen molar-refractivity contribution in [2.45, 2.75) is 57.0 Å². The average Bonchev–Trinajstić information content (AvgIpc) is 2.74. The highest BCUT2D eigenvalue weighted by atomic mass is 16.5. The van der Waals surface area contributed by atoms with Crippen LogP contribution in [0.15, 0.2) is 48.5 Å². The van der Waals surface area contributed by atoms with Gasteiger partial charge in [0.15, 0.2) is 0 Å². The number of ether oxygens (including phenoxy) is 1. The second-order valence-electron chi connectivity index (χ2n) is 9.02. The number of aliphatic carboxylic acids is 1. The Bertz CT molecular complexity index is 845. The van der Waals surface area contributed by atoms with E-state index in [2.05, 4.69) is 48.5 Å². The second kappa shape index (κ2) is 9.65. The molecule has 4 heteroatoms. The fourth-order valence-corrected chi connectivity index (χ4v) is 5.32. The van der Waals surface area contributed by atoms with Crippen LogP contribution in [0.3, 0.4) is 0 Å². The van der Waals surface area contributed by atoms with Crippen LogP contribution in [-0.4, -0.2) is 42.2 Å². The predicted molar refractivity (Wildman–Crippen MR) is 119 cm³/mol. The first kappa shape index (κ1) is 20.9. The molecule has 1 N–H and O–H groups in total. The van der Waals surface area contributed by atoms with E-state index in [9.17, 15) is 4.79 Å². The number of hydrogen-bond acceptors (Lipinski definition) is 3. The smallest absolute Gasteiger partial charge is 0.317 e. The van der Waals surface area contributed by atoms with Gasteiger partial charge in [-0.25, -0.2) is 0 Å². The van der Waals surface area contributed by atoms with Crippen LogP contribution in [0, 0.1) is 5.92 Å². The fourth-order valence-electron chi connectivity index (χ4n) is 5.32. The maximum absolute atomic E-state index is 11.1. The molecule has 2 atom stereocenters. The number of nitrogens with zero attached hydrogens (tertiary/aromatic N) is 1. The van der Waals surface area contributed by atoms with Crippen molar-refractivity contribution >= 4 is 5.97 Å². The van der Waals surface area contributed by atoms with Gasteiger partial charge in [0, 0.05) is 12.5 Å². The number of aryl methyl sites for hydroxylation is 1. The summed E-state index contributed by atoms with van der Waals surface area (Å²) in [5.41, 5.74) is 4.07. The van der Waals surface area contributed by atoms with Gasteiger partial charge in [-0.05, 0) is 80.3 Å². The Morgan fingerprint density at radius 2 is 1.83 bits per heavy atom. The predicted octanol–water partition coefficient (Wildman–Crippen LogP) is 5.11. The number of carboxylic acids is 1. The summed E-state index contributed by atoms with van der Waals surface area (Å²) in [6.07, 6.45) is 8.66. The minimum atomic E-state index is -0.769. The topological polar surface area (TPSA) is 49.8 Å². The normalized spacial score (nSPS) is 21.9. The molecule has 4 nitrogen and oxygen atoms in total. The van der Waals surface area contributed by atoms with Gasteiger partial charge in [0.1, 0.15) is 5.75 Å². The number of benzene rings is 2. The van der Waals surface area contributed by atoms with Crippen molar-refractivity contribution in [2.75, 3.05) is 20.1 Å².